The van der Waals surface area contributed by atoms with Gasteiger partial charge < -0.3 is 19.2 Å². The normalized spacial score (nSPS) is 34.3. The number of hydrogen-bond donors (Lipinski definition) is 1. The molecule has 23 heavy (non-hydrogen) atoms. The molecular formula is C15H20N4O4. The van der Waals surface area contributed by atoms with Crippen LogP contribution in [-0.2, 0) is 14.2 Å². The summed E-state index contributed by atoms with van der Waals surface area (Å²) in [6, 6.07) is 0. The monoisotopic (exact) mass is 320 g/mol. The fraction of sp³-hybridized carbons (Fsp3) is 0.667. The molecule has 1 N–H and O–H groups in total. The van der Waals surface area contributed by atoms with Crippen LogP contribution >= 0.6 is 0 Å². The number of nitrogens with one attached hydrogen (secondary N) is 1. The molecule has 0 aromatic carbocycles. The van der Waals surface area contributed by atoms with Gasteiger partial charge in [0.25, 0.3) is 5.56 Å². The number of nitrogens with zero attached hydrogens (tertiary/aromatic N) is 3. The van der Waals surface area contributed by atoms with Gasteiger partial charge in [0.1, 0.15) is 17.5 Å². The van der Waals surface area contributed by atoms with Crippen LogP contribution in [0.2, 0.25) is 0 Å². The molecule has 4 heterocycles. The Balaban J connectivity index is 1.80. The zero-order valence-corrected chi connectivity index (χ0v) is 13.6. The van der Waals surface area contributed by atoms with Gasteiger partial charge in [0, 0.05) is 13.0 Å². The van der Waals surface area contributed by atoms with Gasteiger partial charge >= 0.3 is 0 Å². The van der Waals surface area contributed by atoms with Crippen molar-refractivity contribution in [2.45, 2.75) is 44.8 Å². The first-order valence-corrected chi connectivity index (χ1v) is 7.73. The predicted octanol–water partition coefficient (Wildman–Crippen LogP) is 0.765. The number of ether oxygens (including phenoxy) is 3. The van der Waals surface area contributed by atoms with Gasteiger partial charge in [0.05, 0.1) is 19.0 Å². The quantitative estimate of drug-likeness (QED) is 0.898. The molecule has 1 unspecified atom stereocenters. The molecule has 8 nitrogen and oxygen atoms in total. The number of imidazole rings is 1. The Labute approximate surface area is 132 Å². The fourth-order valence-electron chi connectivity index (χ4n) is 3.76. The first kappa shape index (κ1) is 14.8. The average Bonchev–Trinajstić information content (AvgIpc) is 3.17. The van der Waals surface area contributed by atoms with Crippen LogP contribution in [0.1, 0.15) is 25.9 Å². The molecule has 0 saturated carbocycles. The molecule has 0 radical (unpaired) electrons. The Morgan fingerprint density at radius 3 is 3.09 bits per heavy atom. The van der Waals surface area contributed by atoms with Crippen molar-refractivity contribution in [2.24, 2.45) is 5.92 Å². The number of fused-ring (bicyclic) bond motifs is 3. The average molecular weight is 320 g/mol. The maximum Gasteiger partial charge on any atom is 0.279 e. The summed E-state index contributed by atoms with van der Waals surface area (Å²) in [5.41, 5.74) is 0.0864. The lowest BCUT2D eigenvalue weighted by molar-refractivity contribution is -0.207. The summed E-state index contributed by atoms with van der Waals surface area (Å²) in [5.74, 6) is 0.712. The molecule has 2 aliphatic heterocycles. The molecule has 124 valence electrons. The Kier molecular flexibility index (Phi) is 3.13. The lowest BCUT2D eigenvalue weighted by Gasteiger charge is -2.35. The highest BCUT2D eigenvalue weighted by Crippen LogP contribution is 2.51. The molecule has 8 heteroatoms. The smallest absolute Gasteiger partial charge is 0.279 e. The van der Waals surface area contributed by atoms with E-state index in [1.807, 2.05) is 6.92 Å². The SMILES string of the molecule is COC(C)[C@@]12CO[C@@H]([C@H](n3cnc4c(=O)[nH]c(C)nc43)O1)[C@@H]2C. The van der Waals surface area contributed by atoms with Crippen molar-refractivity contribution in [2.75, 3.05) is 13.7 Å². The number of aromatic amines is 1. The summed E-state index contributed by atoms with van der Waals surface area (Å²) in [5, 5.41) is 0. The zero-order chi connectivity index (χ0) is 16.4. The molecule has 2 bridgehead atoms. The van der Waals surface area contributed by atoms with Crippen molar-refractivity contribution in [3.8, 4) is 0 Å². The molecule has 2 saturated heterocycles. The van der Waals surface area contributed by atoms with Gasteiger partial charge in [-0.2, -0.15) is 0 Å². The Hall–Kier alpha value is -1.77. The van der Waals surface area contributed by atoms with E-state index in [9.17, 15) is 4.79 Å². The lowest BCUT2D eigenvalue weighted by Crippen LogP contribution is -2.47. The molecule has 2 fully saturated rings. The minimum absolute atomic E-state index is 0.0969. The van der Waals surface area contributed by atoms with Crippen molar-refractivity contribution in [3.05, 3.63) is 22.5 Å². The molecule has 2 aliphatic rings. The third kappa shape index (κ3) is 1.85. The molecule has 2 aromatic heterocycles. The third-order valence-electron chi connectivity index (χ3n) is 5.25. The van der Waals surface area contributed by atoms with Crippen LogP contribution in [-0.4, -0.2) is 51.0 Å². The van der Waals surface area contributed by atoms with E-state index >= 15 is 0 Å². The van der Waals surface area contributed by atoms with Gasteiger partial charge in [-0.25, -0.2) is 9.97 Å². The summed E-state index contributed by atoms with van der Waals surface area (Å²) in [4.78, 5) is 23.3. The third-order valence-corrected chi connectivity index (χ3v) is 5.25. The number of aromatic nitrogens is 4. The van der Waals surface area contributed by atoms with Crippen molar-refractivity contribution in [1.82, 2.24) is 19.5 Å². The summed E-state index contributed by atoms with van der Waals surface area (Å²) < 4.78 is 19.6. The second kappa shape index (κ2) is 4.86. The Morgan fingerprint density at radius 1 is 1.57 bits per heavy atom. The summed E-state index contributed by atoms with van der Waals surface area (Å²) >= 11 is 0. The van der Waals surface area contributed by atoms with E-state index in [1.165, 1.54) is 0 Å². The maximum atomic E-state index is 12.0. The van der Waals surface area contributed by atoms with Gasteiger partial charge in [-0.05, 0) is 13.8 Å². The standard InChI is InChI=1S/C15H20N4O4/c1-7-11-14(23-15(7,5-22-11)8(2)21-4)19-6-16-10-12(19)17-9(3)18-13(10)20/h6-8,11,14H,5H2,1-4H3,(H,17,18,20)/t7-,8?,11+,14+,15-/m0/s1. The largest absolute Gasteiger partial charge is 0.379 e. The van der Waals surface area contributed by atoms with Crippen molar-refractivity contribution in [1.29, 1.82) is 0 Å². The summed E-state index contributed by atoms with van der Waals surface area (Å²) in [7, 11) is 1.67. The van der Waals surface area contributed by atoms with Gasteiger partial charge in [-0.1, -0.05) is 6.92 Å². The molecule has 2 aromatic rings. The number of aryl methyl sites for hydroxylation is 1. The first-order valence-electron chi connectivity index (χ1n) is 7.73. The van der Waals surface area contributed by atoms with Crippen LogP contribution in [0.25, 0.3) is 11.2 Å². The van der Waals surface area contributed by atoms with Crippen LogP contribution < -0.4 is 5.56 Å². The van der Waals surface area contributed by atoms with Gasteiger partial charge in [-0.15, -0.1) is 0 Å². The van der Waals surface area contributed by atoms with Gasteiger partial charge in [0.2, 0.25) is 0 Å². The topological polar surface area (TPSA) is 91.3 Å². The van der Waals surface area contributed by atoms with Gasteiger partial charge in [-0.3, -0.25) is 9.36 Å². The highest BCUT2D eigenvalue weighted by molar-refractivity contribution is 5.69. The second-order valence-electron chi connectivity index (χ2n) is 6.38. The predicted molar refractivity (Wildman–Crippen MR) is 81.1 cm³/mol. The minimum atomic E-state index is -0.489. The van der Waals surface area contributed by atoms with Crippen molar-refractivity contribution >= 4 is 11.2 Å². The first-order chi connectivity index (χ1) is 11.0. The maximum absolute atomic E-state index is 12.0. The van der Waals surface area contributed by atoms with Crippen LogP contribution in [0, 0.1) is 12.8 Å². The van der Waals surface area contributed by atoms with Crippen LogP contribution in [0.15, 0.2) is 11.1 Å². The van der Waals surface area contributed by atoms with E-state index in [0.29, 0.717) is 23.6 Å². The van der Waals surface area contributed by atoms with E-state index in [1.54, 1.807) is 24.9 Å². The Morgan fingerprint density at radius 2 is 2.35 bits per heavy atom. The lowest BCUT2D eigenvalue weighted by atomic mass is 9.86. The molecular weight excluding hydrogens is 300 g/mol. The van der Waals surface area contributed by atoms with E-state index in [0.717, 1.165) is 0 Å². The molecule has 0 amide bonds. The summed E-state index contributed by atoms with van der Waals surface area (Å²) in [6.45, 7) is 6.35. The van der Waals surface area contributed by atoms with Crippen LogP contribution in [0.3, 0.4) is 0 Å². The number of rotatable bonds is 3. The van der Waals surface area contributed by atoms with E-state index in [-0.39, 0.29) is 29.9 Å². The molecule has 0 aliphatic carbocycles. The number of H-pyrrole nitrogens is 1. The fourth-order valence-corrected chi connectivity index (χ4v) is 3.76. The van der Waals surface area contributed by atoms with Crippen LogP contribution in [0.4, 0.5) is 0 Å². The minimum Gasteiger partial charge on any atom is -0.379 e. The van der Waals surface area contributed by atoms with Crippen molar-refractivity contribution in [3.63, 3.8) is 0 Å². The highest BCUT2D eigenvalue weighted by Gasteiger charge is 2.62. The Bertz CT molecular complexity index is 815. The van der Waals surface area contributed by atoms with E-state index in [4.69, 9.17) is 14.2 Å². The van der Waals surface area contributed by atoms with Crippen LogP contribution in [0.5, 0.6) is 0 Å². The highest BCUT2D eigenvalue weighted by atomic mass is 16.6. The molecule has 0 spiro atoms. The molecule has 4 rings (SSSR count). The number of methoxy groups -OCH3 is 1. The van der Waals surface area contributed by atoms with Gasteiger partial charge in [0.15, 0.2) is 17.4 Å². The van der Waals surface area contributed by atoms with E-state index < -0.39 is 5.60 Å². The second-order valence-corrected chi connectivity index (χ2v) is 6.38. The van der Waals surface area contributed by atoms with E-state index in [2.05, 4.69) is 21.9 Å². The number of hydrogen-bond acceptors (Lipinski definition) is 6. The zero-order valence-electron chi connectivity index (χ0n) is 13.6. The van der Waals surface area contributed by atoms with Crippen molar-refractivity contribution < 1.29 is 14.2 Å². The summed E-state index contributed by atoms with van der Waals surface area (Å²) in [6.07, 6.45) is 1.01. The molecule has 5 atom stereocenters.